The van der Waals surface area contributed by atoms with Crippen LogP contribution in [0.15, 0.2) is 42.5 Å². The first-order valence-electron chi connectivity index (χ1n) is 5.15. The molecule has 0 saturated heterocycles. The quantitative estimate of drug-likeness (QED) is 0.786. The van der Waals surface area contributed by atoms with Crippen molar-refractivity contribution in [1.82, 2.24) is 0 Å². The van der Waals surface area contributed by atoms with Gasteiger partial charge in [-0.1, -0.05) is 17.7 Å². The monoisotopic (exact) mass is 257 g/mol. The minimum Gasteiger partial charge on any atom is -0.456 e. The van der Waals surface area contributed by atoms with E-state index in [-0.39, 0.29) is 0 Å². The van der Waals surface area contributed by atoms with Gasteiger partial charge >= 0.3 is 0 Å². The molecule has 0 heterocycles. The highest BCUT2D eigenvalue weighted by Crippen LogP contribution is 2.30. The van der Waals surface area contributed by atoms with E-state index in [0.717, 1.165) is 0 Å². The molecular formula is C14H8ClNO2. The third-order valence-electron chi connectivity index (χ3n) is 2.28. The number of nitrogens with zero attached hydrogens (tertiary/aromatic N) is 1. The van der Waals surface area contributed by atoms with Crippen molar-refractivity contribution in [2.24, 2.45) is 0 Å². The van der Waals surface area contributed by atoms with Gasteiger partial charge in [-0.25, -0.2) is 0 Å². The first-order chi connectivity index (χ1) is 8.72. The Morgan fingerprint density at radius 1 is 1.22 bits per heavy atom. The zero-order chi connectivity index (χ0) is 13.0. The number of aldehydes is 1. The minimum atomic E-state index is 0.349. The van der Waals surface area contributed by atoms with E-state index in [9.17, 15) is 4.79 Å². The van der Waals surface area contributed by atoms with Crippen LogP contribution in [0.1, 0.15) is 15.9 Å². The Morgan fingerprint density at radius 2 is 2.06 bits per heavy atom. The van der Waals surface area contributed by atoms with Crippen molar-refractivity contribution in [1.29, 1.82) is 5.26 Å². The summed E-state index contributed by atoms with van der Waals surface area (Å²) < 4.78 is 5.55. The first-order valence-corrected chi connectivity index (χ1v) is 5.53. The van der Waals surface area contributed by atoms with E-state index in [2.05, 4.69) is 0 Å². The predicted octanol–water partition coefficient (Wildman–Crippen LogP) is 3.82. The molecule has 0 saturated carbocycles. The van der Waals surface area contributed by atoms with Crippen LogP contribution in [-0.4, -0.2) is 6.29 Å². The van der Waals surface area contributed by atoms with E-state index in [1.54, 1.807) is 36.4 Å². The predicted molar refractivity (Wildman–Crippen MR) is 68.1 cm³/mol. The minimum absolute atomic E-state index is 0.349. The van der Waals surface area contributed by atoms with Gasteiger partial charge in [0.1, 0.15) is 17.8 Å². The van der Waals surface area contributed by atoms with Crippen molar-refractivity contribution < 1.29 is 9.53 Å². The summed E-state index contributed by atoms with van der Waals surface area (Å²) in [5.74, 6) is 0.965. The Balaban J connectivity index is 2.28. The van der Waals surface area contributed by atoms with E-state index in [0.29, 0.717) is 33.9 Å². The molecule has 88 valence electrons. The summed E-state index contributed by atoms with van der Waals surface area (Å²) >= 11 is 5.98. The second-order valence-electron chi connectivity index (χ2n) is 3.55. The Bertz CT molecular complexity index is 632. The lowest BCUT2D eigenvalue weighted by atomic mass is 10.2. The lowest BCUT2D eigenvalue weighted by Gasteiger charge is -2.07. The van der Waals surface area contributed by atoms with Crippen LogP contribution < -0.4 is 4.74 Å². The molecule has 0 aliphatic heterocycles. The molecule has 4 heteroatoms. The maximum atomic E-state index is 10.6. The van der Waals surface area contributed by atoms with Crippen LogP contribution in [0.3, 0.4) is 0 Å². The number of halogens is 1. The van der Waals surface area contributed by atoms with Crippen molar-refractivity contribution >= 4 is 17.9 Å². The molecule has 0 N–H and O–H groups in total. The van der Waals surface area contributed by atoms with Crippen LogP contribution in [0, 0.1) is 11.3 Å². The Kier molecular flexibility index (Phi) is 3.61. The van der Waals surface area contributed by atoms with Crippen LogP contribution in [0.2, 0.25) is 5.02 Å². The highest BCUT2D eigenvalue weighted by atomic mass is 35.5. The van der Waals surface area contributed by atoms with Crippen LogP contribution >= 0.6 is 11.6 Å². The number of benzene rings is 2. The van der Waals surface area contributed by atoms with E-state index < -0.39 is 0 Å². The maximum absolute atomic E-state index is 10.6. The molecule has 0 bridgehead atoms. The molecule has 0 aromatic heterocycles. The lowest BCUT2D eigenvalue weighted by Crippen LogP contribution is -1.88. The third kappa shape index (κ3) is 2.68. The molecule has 3 nitrogen and oxygen atoms in total. The fourth-order valence-electron chi connectivity index (χ4n) is 1.43. The fourth-order valence-corrected chi connectivity index (χ4v) is 1.66. The van der Waals surface area contributed by atoms with Crippen LogP contribution in [0.25, 0.3) is 0 Å². The second-order valence-corrected chi connectivity index (χ2v) is 3.96. The second kappa shape index (κ2) is 5.35. The molecule has 0 amide bonds. The molecule has 0 unspecified atom stereocenters. The highest BCUT2D eigenvalue weighted by molar-refractivity contribution is 6.32. The largest absolute Gasteiger partial charge is 0.456 e. The molecule has 0 atom stereocenters. The SMILES string of the molecule is N#Cc1cccc(Oc2ccc(C=O)cc2Cl)c1. The Hall–Kier alpha value is -2.31. The molecule has 0 fully saturated rings. The number of carbonyl (C=O) groups excluding carboxylic acids is 1. The van der Waals surface area contributed by atoms with Crippen molar-refractivity contribution in [3.05, 3.63) is 58.6 Å². The zero-order valence-electron chi connectivity index (χ0n) is 9.26. The van der Waals surface area contributed by atoms with Gasteiger partial charge in [0.25, 0.3) is 0 Å². The summed E-state index contributed by atoms with van der Waals surface area (Å²) in [5.41, 5.74) is 0.992. The number of nitriles is 1. The molecule has 0 radical (unpaired) electrons. The third-order valence-corrected chi connectivity index (χ3v) is 2.58. The molecule has 0 spiro atoms. The smallest absolute Gasteiger partial charge is 0.150 e. The normalized spacial score (nSPS) is 9.56. The van der Waals surface area contributed by atoms with Crippen LogP contribution in [0.5, 0.6) is 11.5 Å². The van der Waals surface area contributed by atoms with Gasteiger partial charge in [-0.2, -0.15) is 5.26 Å². The topological polar surface area (TPSA) is 50.1 Å². The van der Waals surface area contributed by atoms with Crippen molar-refractivity contribution in [3.8, 4) is 17.6 Å². The standard InChI is InChI=1S/C14H8ClNO2/c15-13-7-11(9-17)4-5-14(13)18-12-3-1-2-10(6-12)8-16/h1-7,9H. The van der Waals surface area contributed by atoms with Crippen molar-refractivity contribution in [2.75, 3.05) is 0 Å². The van der Waals surface area contributed by atoms with E-state index in [1.165, 1.54) is 6.07 Å². The van der Waals surface area contributed by atoms with Gasteiger partial charge in [0.2, 0.25) is 0 Å². The van der Waals surface area contributed by atoms with Crippen molar-refractivity contribution in [2.45, 2.75) is 0 Å². The number of hydrogen-bond donors (Lipinski definition) is 0. The molecule has 18 heavy (non-hydrogen) atoms. The van der Waals surface area contributed by atoms with E-state index in [1.807, 2.05) is 6.07 Å². The Morgan fingerprint density at radius 3 is 2.72 bits per heavy atom. The first kappa shape index (κ1) is 12.2. The van der Waals surface area contributed by atoms with Gasteiger partial charge in [-0.15, -0.1) is 0 Å². The van der Waals surface area contributed by atoms with Crippen molar-refractivity contribution in [3.63, 3.8) is 0 Å². The van der Waals surface area contributed by atoms with Gasteiger partial charge in [0.05, 0.1) is 16.7 Å². The van der Waals surface area contributed by atoms with E-state index >= 15 is 0 Å². The van der Waals surface area contributed by atoms with Crippen LogP contribution in [0.4, 0.5) is 0 Å². The van der Waals surface area contributed by atoms with Crippen LogP contribution in [-0.2, 0) is 0 Å². The van der Waals surface area contributed by atoms with Gasteiger partial charge in [0, 0.05) is 5.56 Å². The summed E-state index contributed by atoms with van der Waals surface area (Å²) in [6.45, 7) is 0. The maximum Gasteiger partial charge on any atom is 0.150 e. The average molecular weight is 258 g/mol. The number of hydrogen-bond acceptors (Lipinski definition) is 3. The number of rotatable bonds is 3. The molecule has 2 aromatic carbocycles. The van der Waals surface area contributed by atoms with Gasteiger partial charge in [0.15, 0.2) is 0 Å². The molecule has 2 rings (SSSR count). The average Bonchev–Trinajstić information content (AvgIpc) is 2.41. The summed E-state index contributed by atoms with van der Waals surface area (Å²) in [6.07, 6.45) is 0.714. The van der Waals surface area contributed by atoms with Gasteiger partial charge in [-0.3, -0.25) is 4.79 Å². The molecule has 0 aliphatic carbocycles. The van der Waals surface area contributed by atoms with Gasteiger partial charge in [-0.05, 0) is 36.4 Å². The summed E-state index contributed by atoms with van der Waals surface area (Å²) in [7, 11) is 0. The van der Waals surface area contributed by atoms with E-state index in [4.69, 9.17) is 21.6 Å². The number of carbonyl (C=O) groups is 1. The summed E-state index contributed by atoms with van der Waals surface area (Å²) in [4.78, 5) is 10.6. The molecular weight excluding hydrogens is 250 g/mol. The summed E-state index contributed by atoms with van der Waals surface area (Å²) in [5, 5.41) is 9.13. The zero-order valence-corrected chi connectivity index (χ0v) is 10.0. The van der Waals surface area contributed by atoms with Gasteiger partial charge < -0.3 is 4.74 Å². The number of ether oxygens (including phenoxy) is 1. The fraction of sp³-hybridized carbons (Fsp3) is 0. The highest BCUT2D eigenvalue weighted by Gasteiger charge is 2.04. The Labute approximate surface area is 109 Å². The summed E-state index contributed by atoms with van der Waals surface area (Å²) in [6, 6.07) is 13.5. The molecule has 2 aromatic rings. The lowest BCUT2D eigenvalue weighted by molar-refractivity contribution is 0.112. The molecule has 0 aliphatic rings.